The molecule has 2 aromatic heterocycles. The average molecular weight is 243 g/mol. The van der Waals surface area contributed by atoms with Crippen molar-refractivity contribution in [2.24, 2.45) is 5.73 Å². The van der Waals surface area contributed by atoms with E-state index in [1.807, 2.05) is 37.3 Å². The Bertz CT molecular complexity index is 525. The van der Waals surface area contributed by atoms with E-state index in [-0.39, 0.29) is 5.92 Å². The molecule has 2 heterocycles. The lowest BCUT2D eigenvalue weighted by Crippen LogP contribution is -2.23. The van der Waals surface area contributed by atoms with Crippen molar-refractivity contribution in [3.63, 3.8) is 0 Å². The van der Waals surface area contributed by atoms with E-state index in [0.29, 0.717) is 4.99 Å². The molecule has 1 atom stereocenters. The minimum absolute atomic E-state index is 0.215. The molecule has 2 aromatic rings. The summed E-state index contributed by atoms with van der Waals surface area (Å²) in [7, 11) is 0. The highest BCUT2D eigenvalue weighted by Crippen LogP contribution is 2.23. The Morgan fingerprint density at radius 3 is 2.53 bits per heavy atom. The van der Waals surface area contributed by atoms with Gasteiger partial charge in [0, 0.05) is 12.4 Å². The molecule has 0 amide bonds. The van der Waals surface area contributed by atoms with Gasteiger partial charge in [-0.15, -0.1) is 0 Å². The Hall–Kier alpha value is -1.81. The maximum Gasteiger partial charge on any atom is 0.0938 e. The topological polar surface area (TPSA) is 51.8 Å². The normalized spacial score (nSPS) is 12.1. The fourth-order valence-electron chi connectivity index (χ4n) is 1.77. The van der Waals surface area contributed by atoms with Crippen molar-refractivity contribution >= 4 is 17.2 Å². The van der Waals surface area contributed by atoms with Gasteiger partial charge in [-0.05, 0) is 30.7 Å². The van der Waals surface area contributed by atoms with Gasteiger partial charge in [-0.2, -0.15) is 0 Å². The van der Waals surface area contributed by atoms with Crippen molar-refractivity contribution in [2.75, 3.05) is 0 Å². The molecule has 0 saturated carbocycles. The second kappa shape index (κ2) is 5.01. The van der Waals surface area contributed by atoms with Crippen molar-refractivity contribution < 1.29 is 0 Å². The van der Waals surface area contributed by atoms with Crippen LogP contribution in [0.3, 0.4) is 0 Å². The van der Waals surface area contributed by atoms with E-state index in [1.165, 1.54) is 0 Å². The molecule has 0 bridgehead atoms. The van der Waals surface area contributed by atoms with E-state index in [2.05, 4.69) is 9.97 Å². The number of rotatable bonds is 3. The summed E-state index contributed by atoms with van der Waals surface area (Å²) < 4.78 is 0. The summed E-state index contributed by atoms with van der Waals surface area (Å²) in [5.74, 6) is -0.215. The van der Waals surface area contributed by atoms with Crippen molar-refractivity contribution in [1.29, 1.82) is 0 Å². The fraction of sp³-hybridized carbons (Fsp3) is 0.154. The molecule has 2 rings (SSSR count). The molecule has 3 nitrogen and oxygen atoms in total. The Morgan fingerprint density at radius 1 is 1.18 bits per heavy atom. The third kappa shape index (κ3) is 2.47. The molecule has 2 N–H and O–H groups in total. The number of aromatic nitrogens is 2. The van der Waals surface area contributed by atoms with Crippen molar-refractivity contribution in [1.82, 2.24) is 9.97 Å². The molecule has 0 fully saturated rings. The minimum atomic E-state index is -0.215. The quantitative estimate of drug-likeness (QED) is 0.840. The van der Waals surface area contributed by atoms with Gasteiger partial charge in [0.15, 0.2) is 0 Å². The first kappa shape index (κ1) is 11.7. The van der Waals surface area contributed by atoms with Crippen LogP contribution >= 0.6 is 12.2 Å². The summed E-state index contributed by atoms with van der Waals surface area (Å²) >= 11 is 5.14. The second-order valence-electron chi connectivity index (χ2n) is 3.80. The Balaban J connectivity index is 2.51. The molecular formula is C13H13N3S. The number of aryl methyl sites for hydroxylation is 1. The van der Waals surface area contributed by atoms with Crippen LogP contribution in [-0.2, 0) is 0 Å². The summed E-state index contributed by atoms with van der Waals surface area (Å²) in [6.45, 7) is 2.00. The van der Waals surface area contributed by atoms with E-state index >= 15 is 0 Å². The van der Waals surface area contributed by atoms with E-state index in [4.69, 9.17) is 18.0 Å². The zero-order chi connectivity index (χ0) is 12.3. The molecule has 4 heteroatoms. The van der Waals surface area contributed by atoms with Crippen LogP contribution in [0.2, 0.25) is 0 Å². The molecule has 0 aromatic carbocycles. The highest BCUT2D eigenvalue weighted by Gasteiger charge is 2.21. The van der Waals surface area contributed by atoms with Crippen LogP contribution in [0.25, 0.3) is 0 Å². The molecule has 0 spiro atoms. The van der Waals surface area contributed by atoms with Crippen LogP contribution in [0.15, 0.2) is 42.7 Å². The molecule has 17 heavy (non-hydrogen) atoms. The predicted molar refractivity (Wildman–Crippen MR) is 71.8 cm³/mol. The molecular weight excluding hydrogens is 230 g/mol. The largest absolute Gasteiger partial charge is 0.392 e. The third-order valence-corrected chi connectivity index (χ3v) is 2.83. The Morgan fingerprint density at radius 2 is 1.94 bits per heavy atom. The SMILES string of the molecule is Cc1cccnc1C(C(N)=S)c1ccccn1. The lowest BCUT2D eigenvalue weighted by Gasteiger charge is -2.16. The van der Waals surface area contributed by atoms with Gasteiger partial charge in [0.25, 0.3) is 0 Å². The highest BCUT2D eigenvalue weighted by molar-refractivity contribution is 7.80. The van der Waals surface area contributed by atoms with Gasteiger partial charge in [0.2, 0.25) is 0 Å². The summed E-state index contributed by atoms with van der Waals surface area (Å²) in [5, 5.41) is 0. The zero-order valence-electron chi connectivity index (χ0n) is 9.50. The van der Waals surface area contributed by atoms with Gasteiger partial charge < -0.3 is 5.73 Å². The van der Waals surface area contributed by atoms with Crippen molar-refractivity contribution in [2.45, 2.75) is 12.8 Å². The van der Waals surface area contributed by atoms with Crippen molar-refractivity contribution in [3.8, 4) is 0 Å². The summed E-state index contributed by atoms with van der Waals surface area (Å²) in [6, 6.07) is 9.60. The zero-order valence-corrected chi connectivity index (χ0v) is 10.3. The second-order valence-corrected chi connectivity index (χ2v) is 4.27. The minimum Gasteiger partial charge on any atom is -0.392 e. The number of hydrogen-bond acceptors (Lipinski definition) is 3. The molecule has 1 unspecified atom stereocenters. The highest BCUT2D eigenvalue weighted by atomic mass is 32.1. The first-order chi connectivity index (χ1) is 8.20. The molecule has 0 aliphatic heterocycles. The fourth-order valence-corrected chi connectivity index (χ4v) is 2.00. The van der Waals surface area contributed by atoms with Gasteiger partial charge in [-0.3, -0.25) is 9.97 Å². The van der Waals surface area contributed by atoms with Gasteiger partial charge in [-0.1, -0.05) is 24.4 Å². The van der Waals surface area contributed by atoms with E-state index in [9.17, 15) is 0 Å². The van der Waals surface area contributed by atoms with E-state index in [0.717, 1.165) is 17.0 Å². The van der Waals surface area contributed by atoms with E-state index < -0.39 is 0 Å². The number of thiocarbonyl (C=S) groups is 1. The van der Waals surface area contributed by atoms with E-state index in [1.54, 1.807) is 12.4 Å². The van der Waals surface area contributed by atoms with Gasteiger partial charge in [0.05, 0.1) is 22.3 Å². The molecule has 86 valence electrons. The molecule has 0 aliphatic rings. The number of nitrogens with zero attached hydrogens (tertiary/aromatic N) is 2. The summed E-state index contributed by atoms with van der Waals surface area (Å²) in [6.07, 6.45) is 3.48. The average Bonchev–Trinajstić information content (AvgIpc) is 2.33. The first-order valence-electron chi connectivity index (χ1n) is 5.32. The monoisotopic (exact) mass is 243 g/mol. The summed E-state index contributed by atoms with van der Waals surface area (Å²) in [5.41, 5.74) is 8.60. The Kier molecular flexibility index (Phi) is 3.44. The molecule has 0 aliphatic carbocycles. The lowest BCUT2D eigenvalue weighted by molar-refractivity contribution is 0.930. The third-order valence-electron chi connectivity index (χ3n) is 2.59. The van der Waals surface area contributed by atoms with Crippen LogP contribution in [-0.4, -0.2) is 15.0 Å². The molecule has 0 saturated heterocycles. The standard InChI is InChI=1S/C13H13N3S/c1-9-5-4-8-16-12(9)11(13(14)17)10-6-2-3-7-15-10/h2-8,11H,1H3,(H2,14,17). The van der Waals surface area contributed by atoms with Crippen LogP contribution < -0.4 is 5.73 Å². The smallest absolute Gasteiger partial charge is 0.0938 e. The molecule has 0 radical (unpaired) electrons. The maximum absolute atomic E-state index is 5.82. The van der Waals surface area contributed by atoms with Crippen molar-refractivity contribution in [3.05, 3.63) is 59.7 Å². The number of hydrogen-bond donors (Lipinski definition) is 1. The van der Waals surface area contributed by atoms with Crippen LogP contribution in [0, 0.1) is 6.92 Å². The first-order valence-corrected chi connectivity index (χ1v) is 5.72. The maximum atomic E-state index is 5.82. The number of pyridine rings is 2. The van der Waals surface area contributed by atoms with Crippen LogP contribution in [0.1, 0.15) is 22.9 Å². The predicted octanol–water partition coefficient (Wildman–Crippen LogP) is 2.20. The lowest BCUT2D eigenvalue weighted by atomic mass is 9.96. The van der Waals surface area contributed by atoms with Crippen LogP contribution in [0.5, 0.6) is 0 Å². The Labute approximate surface area is 106 Å². The number of nitrogens with two attached hydrogens (primary N) is 1. The van der Waals surface area contributed by atoms with Gasteiger partial charge in [0.1, 0.15) is 0 Å². The van der Waals surface area contributed by atoms with Gasteiger partial charge in [-0.25, -0.2) is 0 Å². The van der Waals surface area contributed by atoms with Gasteiger partial charge >= 0.3 is 0 Å². The van der Waals surface area contributed by atoms with Crippen LogP contribution in [0.4, 0.5) is 0 Å². The summed E-state index contributed by atoms with van der Waals surface area (Å²) in [4.78, 5) is 9.07.